The minimum atomic E-state index is -0.697. The average molecular weight is 465 g/mol. The highest BCUT2D eigenvalue weighted by Gasteiger charge is 2.73. The van der Waals surface area contributed by atoms with Crippen LogP contribution >= 0.6 is 11.6 Å². The van der Waals surface area contributed by atoms with Gasteiger partial charge in [0.1, 0.15) is 0 Å². The Labute approximate surface area is 197 Å². The highest BCUT2D eigenvalue weighted by molar-refractivity contribution is 6.32. The predicted molar refractivity (Wildman–Crippen MR) is 125 cm³/mol. The summed E-state index contributed by atoms with van der Waals surface area (Å²) in [5.41, 5.74) is 1.42. The van der Waals surface area contributed by atoms with Crippen molar-refractivity contribution in [2.75, 3.05) is 13.6 Å². The van der Waals surface area contributed by atoms with E-state index in [9.17, 15) is 14.7 Å². The highest BCUT2D eigenvalue weighted by Crippen LogP contribution is 2.64. The van der Waals surface area contributed by atoms with Crippen LogP contribution in [-0.4, -0.2) is 53.0 Å². The molecule has 2 bridgehead atoms. The van der Waals surface area contributed by atoms with Crippen molar-refractivity contribution >= 4 is 29.4 Å². The summed E-state index contributed by atoms with van der Waals surface area (Å²) in [6, 6.07) is 11.0. The van der Waals surface area contributed by atoms with Crippen LogP contribution in [0.15, 0.2) is 42.5 Å². The van der Waals surface area contributed by atoms with E-state index in [1.54, 1.807) is 18.2 Å². The van der Waals surface area contributed by atoms with Crippen LogP contribution in [0, 0.1) is 0 Å². The molecule has 4 aliphatic rings. The molecule has 2 heterocycles. The smallest absolute Gasteiger partial charge is 0.244 e. The van der Waals surface area contributed by atoms with Crippen LogP contribution in [-0.2, 0) is 21.4 Å². The second-order valence-electron chi connectivity index (χ2n) is 9.65. The van der Waals surface area contributed by atoms with Gasteiger partial charge < -0.3 is 20.1 Å². The van der Waals surface area contributed by atoms with Gasteiger partial charge >= 0.3 is 0 Å². The van der Waals surface area contributed by atoms with Crippen LogP contribution in [0.4, 0.5) is 0 Å². The standard InChI is InChI=1S/C26H25ClN2O4/c1-29-13-12-25-22-16-6-8-18(30)23(22)33-24(25)19(31)10-11-26(25,20(29)14-16)28-21(32)9-7-15-4-2-3-5-17(15)27/h2-9,20,24,30H,10-14H2,1H3,(H,28,32). The number of phenols is 1. The number of halogens is 1. The Morgan fingerprint density at radius 2 is 2.09 bits per heavy atom. The zero-order valence-corrected chi connectivity index (χ0v) is 19.1. The molecule has 7 heteroatoms. The summed E-state index contributed by atoms with van der Waals surface area (Å²) in [6.07, 6.45) is 4.81. The van der Waals surface area contributed by atoms with Crippen LogP contribution in [0.25, 0.3) is 6.08 Å². The monoisotopic (exact) mass is 464 g/mol. The molecule has 0 radical (unpaired) electrons. The van der Waals surface area contributed by atoms with Crippen LogP contribution in [0.1, 0.15) is 36.0 Å². The molecule has 4 atom stereocenters. The lowest BCUT2D eigenvalue weighted by Gasteiger charge is -2.64. The van der Waals surface area contributed by atoms with Gasteiger partial charge in [-0.1, -0.05) is 35.9 Å². The number of likely N-dealkylation sites (tertiary alicyclic amines) is 1. The molecule has 2 aliphatic heterocycles. The number of rotatable bonds is 3. The van der Waals surface area contributed by atoms with Crippen molar-refractivity contribution in [1.82, 2.24) is 10.2 Å². The van der Waals surface area contributed by atoms with E-state index in [-0.39, 0.29) is 23.5 Å². The summed E-state index contributed by atoms with van der Waals surface area (Å²) in [6.45, 7) is 0.791. The Morgan fingerprint density at radius 1 is 1.27 bits per heavy atom. The van der Waals surface area contributed by atoms with Crippen LogP contribution < -0.4 is 10.1 Å². The Bertz CT molecular complexity index is 1230. The summed E-state index contributed by atoms with van der Waals surface area (Å²) in [7, 11) is 2.08. The molecule has 1 spiro atoms. The van der Waals surface area contributed by atoms with Gasteiger partial charge in [0.15, 0.2) is 23.4 Å². The van der Waals surface area contributed by atoms with Gasteiger partial charge in [-0.3, -0.25) is 9.59 Å². The van der Waals surface area contributed by atoms with Crippen molar-refractivity contribution in [2.45, 2.75) is 48.8 Å². The van der Waals surface area contributed by atoms with Crippen molar-refractivity contribution in [2.24, 2.45) is 0 Å². The number of piperidine rings is 1. The first-order valence-electron chi connectivity index (χ1n) is 11.4. The largest absolute Gasteiger partial charge is 0.504 e. The number of carbonyl (C=O) groups is 2. The van der Waals surface area contributed by atoms with Gasteiger partial charge in [0.25, 0.3) is 0 Å². The number of Topliss-reactive ketones (excluding diaryl/α,β-unsaturated/α-hetero) is 1. The van der Waals surface area contributed by atoms with E-state index in [4.69, 9.17) is 16.3 Å². The van der Waals surface area contributed by atoms with Crippen molar-refractivity contribution < 1.29 is 19.4 Å². The Morgan fingerprint density at radius 3 is 2.91 bits per heavy atom. The van der Waals surface area contributed by atoms with E-state index in [1.165, 1.54) is 6.08 Å². The lowest BCUT2D eigenvalue weighted by molar-refractivity contribution is -0.147. The zero-order chi connectivity index (χ0) is 23.0. The molecule has 6 nitrogen and oxygen atoms in total. The van der Waals surface area contributed by atoms with Gasteiger partial charge in [0, 0.05) is 29.1 Å². The minimum absolute atomic E-state index is 0.0195. The van der Waals surface area contributed by atoms with E-state index >= 15 is 0 Å². The maximum Gasteiger partial charge on any atom is 0.244 e. The summed E-state index contributed by atoms with van der Waals surface area (Å²) < 4.78 is 6.20. The van der Waals surface area contributed by atoms with Gasteiger partial charge in [0.2, 0.25) is 5.91 Å². The lowest BCUT2D eigenvalue weighted by atomic mass is 9.47. The van der Waals surface area contributed by atoms with E-state index < -0.39 is 17.1 Å². The predicted octanol–water partition coefficient (Wildman–Crippen LogP) is 3.24. The SMILES string of the molecule is CN1CCC23c4c5ccc(O)c4OC2C(=O)CCC3(NC(=O)C=Cc2ccccc2Cl)C1C5. The van der Waals surface area contributed by atoms with Crippen molar-refractivity contribution in [3.05, 3.63) is 64.2 Å². The third kappa shape index (κ3) is 2.65. The Balaban J connectivity index is 1.47. The number of likely N-dealkylation sites (N-methyl/N-ethyl adjacent to an activating group) is 1. The fourth-order valence-corrected chi connectivity index (χ4v) is 7.07. The first-order valence-corrected chi connectivity index (χ1v) is 11.7. The molecule has 2 fully saturated rings. The number of nitrogens with one attached hydrogen (secondary N) is 1. The Hall–Kier alpha value is -2.83. The van der Waals surface area contributed by atoms with Crippen LogP contribution in [0.3, 0.4) is 0 Å². The average Bonchev–Trinajstić information content (AvgIpc) is 3.16. The fraction of sp³-hybridized carbons (Fsp3) is 0.385. The number of hydrogen-bond donors (Lipinski definition) is 2. The molecule has 33 heavy (non-hydrogen) atoms. The zero-order valence-electron chi connectivity index (χ0n) is 18.3. The van der Waals surface area contributed by atoms with Crippen molar-refractivity contribution in [1.29, 1.82) is 0 Å². The number of ether oxygens (including phenoxy) is 1. The maximum absolute atomic E-state index is 13.3. The highest BCUT2D eigenvalue weighted by atomic mass is 35.5. The lowest BCUT2D eigenvalue weighted by Crippen LogP contribution is -2.81. The topological polar surface area (TPSA) is 78.9 Å². The van der Waals surface area contributed by atoms with Gasteiger partial charge in [-0.25, -0.2) is 0 Å². The third-order valence-electron chi connectivity index (χ3n) is 8.25. The number of ketones is 1. The molecule has 2 aromatic carbocycles. The van der Waals surface area contributed by atoms with Crippen molar-refractivity contribution in [3.63, 3.8) is 0 Å². The first kappa shape index (κ1) is 20.8. The number of phenolic OH excluding ortho intramolecular Hbond substituents is 1. The molecule has 1 saturated heterocycles. The Kier molecular flexibility index (Phi) is 4.45. The van der Waals surface area contributed by atoms with Crippen molar-refractivity contribution in [3.8, 4) is 11.5 Å². The maximum atomic E-state index is 13.3. The number of nitrogens with zero attached hydrogens (tertiary/aromatic N) is 1. The second-order valence-corrected chi connectivity index (χ2v) is 10.1. The van der Waals surface area contributed by atoms with Crippen LogP contribution in [0.2, 0.25) is 5.02 Å². The molecule has 6 rings (SSSR count). The van der Waals surface area contributed by atoms with Gasteiger partial charge in [0.05, 0.1) is 11.0 Å². The molecular formula is C26H25ClN2O4. The number of carbonyl (C=O) groups excluding carboxylic acids is 2. The first-order chi connectivity index (χ1) is 15.9. The summed E-state index contributed by atoms with van der Waals surface area (Å²) >= 11 is 6.25. The minimum Gasteiger partial charge on any atom is -0.504 e. The van der Waals surface area contributed by atoms with E-state index in [0.717, 1.165) is 29.7 Å². The summed E-state index contributed by atoms with van der Waals surface area (Å²) in [5, 5.41) is 14.5. The quantitative estimate of drug-likeness (QED) is 0.682. The molecule has 2 aliphatic carbocycles. The molecule has 2 aromatic rings. The molecule has 1 amide bonds. The number of aromatic hydroxyl groups is 1. The van der Waals surface area contributed by atoms with E-state index in [2.05, 4.69) is 17.3 Å². The second kappa shape index (κ2) is 7.08. The molecule has 0 aromatic heterocycles. The third-order valence-corrected chi connectivity index (χ3v) is 8.59. The van der Waals surface area contributed by atoms with Gasteiger partial charge in [-0.05, 0) is 62.2 Å². The van der Waals surface area contributed by atoms with E-state index in [0.29, 0.717) is 30.0 Å². The molecule has 4 unspecified atom stereocenters. The molecule has 170 valence electrons. The summed E-state index contributed by atoms with van der Waals surface area (Å²) in [5.74, 6) is 0.292. The number of benzene rings is 2. The number of amides is 1. The normalized spacial score (nSPS) is 31.9. The molecule has 1 saturated carbocycles. The fourth-order valence-electron chi connectivity index (χ4n) is 6.87. The van der Waals surface area contributed by atoms with E-state index in [1.807, 2.05) is 24.3 Å². The van der Waals surface area contributed by atoms with Crippen LogP contribution in [0.5, 0.6) is 11.5 Å². The summed E-state index contributed by atoms with van der Waals surface area (Å²) in [4.78, 5) is 28.8. The molecule has 2 N–H and O–H groups in total. The number of hydrogen-bond acceptors (Lipinski definition) is 5. The van der Waals surface area contributed by atoms with Gasteiger partial charge in [-0.2, -0.15) is 0 Å². The van der Waals surface area contributed by atoms with Gasteiger partial charge in [-0.15, -0.1) is 0 Å². The molecular weight excluding hydrogens is 440 g/mol.